The van der Waals surface area contributed by atoms with E-state index in [9.17, 15) is 0 Å². The molecule has 0 fully saturated rings. The van der Waals surface area contributed by atoms with Crippen LogP contribution >= 0.6 is 0 Å². The summed E-state index contributed by atoms with van der Waals surface area (Å²) in [6.45, 7) is 4.67. The van der Waals surface area contributed by atoms with E-state index >= 15 is 0 Å². The summed E-state index contributed by atoms with van der Waals surface area (Å²) in [6, 6.07) is 37.9. The van der Waals surface area contributed by atoms with Gasteiger partial charge >= 0.3 is 0 Å². The van der Waals surface area contributed by atoms with Crippen molar-refractivity contribution in [3.8, 4) is 16.8 Å². The van der Waals surface area contributed by atoms with Gasteiger partial charge in [0.15, 0.2) is 0 Å². The lowest BCUT2D eigenvalue weighted by molar-refractivity contribution is 0.660. The van der Waals surface area contributed by atoms with E-state index in [4.69, 9.17) is 0 Å². The predicted molar refractivity (Wildman–Crippen MR) is 136 cm³/mol. The second-order valence-corrected chi connectivity index (χ2v) is 9.43. The molecular formula is C31H23N. The van der Waals surface area contributed by atoms with Crippen molar-refractivity contribution in [3.63, 3.8) is 0 Å². The van der Waals surface area contributed by atoms with Gasteiger partial charge in [0, 0.05) is 21.9 Å². The fraction of sp³-hybridized carbons (Fsp3) is 0.0968. The van der Waals surface area contributed by atoms with E-state index in [0.29, 0.717) is 0 Å². The zero-order valence-corrected chi connectivity index (χ0v) is 18.3. The Morgan fingerprint density at radius 3 is 2.19 bits per heavy atom. The molecule has 1 heterocycles. The van der Waals surface area contributed by atoms with Gasteiger partial charge < -0.3 is 4.57 Å². The van der Waals surface area contributed by atoms with E-state index in [0.717, 1.165) is 0 Å². The maximum Gasteiger partial charge on any atom is 0.0547 e. The minimum absolute atomic E-state index is 0.0292. The van der Waals surface area contributed by atoms with Crippen molar-refractivity contribution >= 4 is 32.6 Å². The average molecular weight is 410 g/mol. The van der Waals surface area contributed by atoms with E-state index in [1.165, 1.54) is 60.5 Å². The second kappa shape index (κ2) is 6.11. The molecule has 5 aromatic carbocycles. The minimum Gasteiger partial charge on any atom is -0.309 e. The number of fused-ring (bicyclic) bond motifs is 8. The molecule has 0 radical (unpaired) electrons. The Kier molecular flexibility index (Phi) is 3.40. The van der Waals surface area contributed by atoms with Crippen molar-refractivity contribution in [3.05, 3.63) is 114 Å². The van der Waals surface area contributed by atoms with Gasteiger partial charge in [0.05, 0.1) is 11.0 Å². The predicted octanol–water partition coefficient (Wildman–Crippen LogP) is 8.24. The molecule has 1 aliphatic carbocycles. The summed E-state index contributed by atoms with van der Waals surface area (Å²) in [4.78, 5) is 0. The van der Waals surface area contributed by atoms with Gasteiger partial charge in [-0.1, -0.05) is 92.7 Å². The van der Waals surface area contributed by atoms with Crippen LogP contribution in [0.3, 0.4) is 0 Å². The number of para-hydroxylation sites is 1. The molecule has 152 valence electrons. The van der Waals surface area contributed by atoms with Gasteiger partial charge in [-0.3, -0.25) is 0 Å². The third kappa shape index (κ3) is 2.18. The molecule has 0 saturated heterocycles. The summed E-state index contributed by atoms with van der Waals surface area (Å²) >= 11 is 0. The molecule has 32 heavy (non-hydrogen) atoms. The molecule has 0 atom stereocenters. The van der Waals surface area contributed by atoms with Gasteiger partial charge in [-0.15, -0.1) is 0 Å². The molecule has 6 aromatic rings. The van der Waals surface area contributed by atoms with Crippen LogP contribution in [0, 0.1) is 0 Å². The van der Waals surface area contributed by atoms with E-state index in [1.54, 1.807) is 0 Å². The highest BCUT2D eigenvalue weighted by molar-refractivity contribution is 6.21. The van der Waals surface area contributed by atoms with Crippen LogP contribution in [0.2, 0.25) is 0 Å². The van der Waals surface area contributed by atoms with Crippen LogP contribution < -0.4 is 0 Å². The van der Waals surface area contributed by atoms with E-state index in [2.05, 4.69) is 122 Å². The molecule has 1 aromatic heterocycles. The highest BCUT2D eigenvalue weighted by atomic mass is 15.0. The van der Waals surface area contributed by atoms with Gasteiger partial charge in [-0.2, -0.15) is 0 Å². The van der Waals surface area contributed by atoms with Gasteiger partial charge in [0.25, 0.3) is 0 Å². The summed E-state index contributed by atoms with van der Waals surface area (Å²) in [5.41, 5.74) is 9.31. The fourth-order valence-corrected chi connectivity index (χ4v) is 5.86. The average Bonchev–Trinajstić information content (AvgIpc) is 3.29. The summed E-state index contributed by atoms with van der Waals surface area (Å²) < 4.78 is 2.44. The van der Waals surface area contributed by atoms with Crippen LogP contribution in [-0.4, -0.2) is 4.57 Å². The summed E-state index contributed by atoms with van der Waals surface area (Å²) in [5, 5.41) is 5.24. The Bertz CT molecular complexity index is 1700. The van der Waals surface area contributed by atoms with Gasteiger partial charge in [-0.05, 0) is 57.3 Å². The minimum atomic E-state index is 0.0292. The van der Waals surface area contributed by atoms with E-state index in [-0.39, 0.29) is 5.41 Å². The first-order chi connectivity index (χ1) is 15.6. The van der Waals surface area contributed by atoms with Crippen molar-refractivity contribution in [1.82, 2.24) is 4.57 Å². The normalized spacial score (nSPS) is 14.2. The highest BCUT2D eigenvalue weighted by Gasteiger charge is 2.35. The maximum absolute atomic E-state index is 2.44. The van der Waals surface area contributed by atoms with E-state index in [1.807, 2.05) is 0 Å². The summed E-state index contributed by atoms with van der Waals surface area (Å²) in [5.74, 6) is 0. The Hall–Kier alpha value is -3.84. The quantitative estimate of drug-likeness (QED) is 0.258. The van der Waals surface area contributed by atoms with Gasteiger partial charge in [0.2, 0.25) is 0 Å². The molecule has 7 rings (SSSR count). The molecule has 0 spiro atoms. The molecule has 0 unspecified atom stereocenters. The van der Waals surface area contributed by atoms with Crippen LogP contribution in [0.4, 0.5) is 0 Å². The third-order valence-corrected chi connectivity index (χ3v) is 7.39. The van der Waals surface area contributed by atoms with E-state index < -0.39 is 0 Å². The smallest absolute Gasteiger partial charge is 0.0547 e. The van der Waals surface area contributed by atoms with Crippen molar-refractivity contribution in [2.24, 2.45) is 0 Å². The van der Waals surface area contributed by atoms with Crippen LogP contribution in [0.5, 0.6) is 0 Å². The largest absolute Gasteiger partial charge is 0.309 e. The standard InChI is InChI=1S/C31H23N/c1-31(2)26-13-7-5-11-23(26)25-19-21(16-17-27(25)31)32-28-14-8-6-12-24(28)30-22-10-4-3-9-20(22)15-18-29(30)32/h3-19H,1-2H3. The van der Waals surface area contributed by atoms with Crippen molar-refractivity contribution in [2.45, 2.75) is 19.3 Å². The SMILES string of the molecule is CC1(C)c2ccccc2-c2cc(-n3c4ccccc4c4c5ccccc5ccc43)ccc21. The van der Waals surface area contributed by atoms with Crippen LogP contribution in [0.1, 0.15) is 25.0 Å². The molecule has 0 amide bonds. The number of benzene rings is 5. The highest BCUT2D eigenvalue weighted by Crippen LogP contribution is 2.49. The lowest BCUT2D eigenvalue weighted by Gasteiger charge is -2.21. The Morgan fingerprint density at radius 1 is 0.562 bits per heavy atom. The van der Waals surface area contributed by atoms with Crippen molar-refractivity contribution < 1.29 is 0 Å². The zero-order valence-electron chi connectivity index (χ0n) is 18.3. The first kappa shape index (κ1) is 17.8. The molecule has 0 saturated carbocycles. The molecule has 1 aliphatic rings. The maximum atomic E-state index is 2.44. The van der Waals surface area contributed by atoms with Gasteiger partial charge in [-0.25, -0.2) is 0 Å². The molecule has 0 bridgehead atoms. The number of hydrogen-bond acceptors (Lipinski definition) is 0. The number of nitrogens with zero attached hydrogens (tertiary/aromatic N) is 1. The van der Waals surface area contributed by atoms with Crippen LogP contribution in [-0.2, 0) is 5.41 Å². The molecule has 0 N–H and O–H groups in total. The molecule has 1 nitrogen and oxygen atoms in total. The van der Waals surface area contributed by atoms with Crippen molar-refractivity contribution in [1.29, 1.82) is 0 Å². The summed E-state index contributed by atoms with van der Waals surface area (Å²) in [6.07, 6.45) is 0. The van der Waals surface area contributed by atoms with Gasteiger partial charge in [0.1, 0.15) is 0 Å². The molecule has 1 heteroatoms. The Balaban J connectivity index is 1.59. The fourth-order valence-electron chi connectivity index (χ4n) is 5.86. The lowest BCUT2D eigenvalue weighted by atomic mass is 9.82. The zero-order chi connectivity index (χ0) is 21.4. The third-order valence-electron chi connectivity index (χ3n) is 7.39. The topological polar surface area (TPSA) is 4.93 Å². The van der Waals surface area contributed by atoms with Crippen LogP contribution in [0.15, 0.2) is 103 Å². The first-order valence-electron chi connectivity index (χ1n) is 11.3. The molecular weight excluding hydrogens is 386 g/mol. The Morgan fingerprint density at radius 2 is 1.28 bits per heavy atom. The van der Waals surface area contributed by atoms with Crippen molar-refractivity contribution in [2.75, 3.05) is 0 Å². The first-order valence-corrected chi connectivity index (χ1v) is 11.3. The monoisotopic (exact) mass is 409 g/mol. The van der Waals surface area contributed by atoms with Crippen LogP contribution in [0.25, 0.3) is 49.4 Å². The number of rotatable bonds is 1. The number of aromatic nitrogens is 1. The number of hydrogen-bond donors (Lipinski definition) is 0. The molecule has 0 aliphatic heterocycles. The summed E-state index contributed by atoms with van der Waals surface area (Å²) in [7, 11) is 0. The Labute approximate surface area is 187 Å². The lowest BCUT2D eigenvalue weighted by Crippen LogP contribution is -2.14. The second-order valence-electron chi connectivity index (χ2n) is 9.43.